The lowest BCUT2D eigenvalue weighted by molar-refractivity contribution is 0.176. The molecule has 3 saturated carbocycles. The topological polar surface area (TPSA) is 0 Å². The van der Waals surface area contributed by atoms with Crippen molar-refractivity contribution in [3.8, 4) is 0 Å². The minimum atomic E-state index is 1.000. The van der Waals surface area contributed by atoms with E-state index in [1.54, 1.807) is 0 Å². The summed E-state index contributed by atoms with van der Waals surface area (Å²) >= 11 is 0. The van der Waals surface area contributed by atoms with Gasteiger partial charge in [-0.25, -0.2) is 0 Å². The summed E-state index contributed by atoms with van der Waals surface area (Å²) in [6, 6.07) is 0. The molecule has 7 unspecified atom stereocenters. The Morgan fingerprint density at radius 2 is 1.00 bits per heavy atom. The fourth-order valence-corrected chi connectivity index (χ4v) is 6.02. The summed E-state index contributed by atoms with van der Waals surface area (Å²) in [5.74, 6) is 7.14. The molecule has 0 radical (unpaired) electrons. The molecule has 0 aliphatic heterocycles. The zero-order chi connectivity index (χ0) is 18.9. The van der Waals surface area contributed by atoms with Gasteiger partial charge < -0.3 is 0 Å². The molecule has 0 heterocycles. The Hall–Kier alpha value is 0. The predicted molar refractivity (Wildman–Crippen MR) is 117 cm³/mol. The van der Waals surface area contributed by atoms with Gasteiger partial charge in [-0.2, -0.15) is 0 Å². The van der Waals surface area contributed by atoms with E-state index in [-0.39, 0.29) is 0 Å². The number of hydrogen-bond donors (Lipinski definition) is 0. The van der Waals surface area contributed by atoms with E-state index in [0.717, 1.165) is 41.4 Å². The Balaban J connectivity index is 0.000000254. The highest BCUT2D eigenvalue weighted by Crippen LogP contribution is 2.38. The van der Waals surface area contributed by atoms with Crippen LogP contribution in [0.1, 0.15) is 125 Å². The standard InChI is InChI=1S/C18H34.C8H16/c1-14-11-12-16(3)18(13-14)10-6-9-17-8-5-4-7-15(17)2;1-7-5-3-4-6-8(7)2/h14-18H,4-13H2,1-3H3;7-8H,3-6H2,1-2H3. The summed E-state index contributed by atoms with van der Waals surface area (Å²) in [4.78, 5) is 0. The smallest absolute Gasteiger partial charge is 0.0386 e. The molecule has 0 N–H and O–H groups in total. The monoisotopic (exact) mass is 362 g/mol. The second-order valence-corrected chi connectivity index (χ2v) is 10.8. The van der Waals surface area contributed by atoms with Crippen molar-refractivity contribution in [1.29, 1.82) is 0 Å². The average Bonchev–Trinajstić information content (AvgIpc) is 2.63. The third-order valence-corrected chi connectivity index (χ3v) is 8.60. The third-order valence-electron chi connectivity index (χ3n) is 8.60. The van der Waals surface area contributed by atoms with Crippen molar-refractivity contribution in [2.75, 3.05) is 0 Å². The van der Waals surface area contributed by atoms with Crippen LogP contribution in [0.15, 0.2) is 0 Å². The van der Waals surface area contributed by atoms with Crippen LogP contribution in [0, 0.1) is 41.4 Å². The second-order valence-electron chi connectivity index (χ2n) is 10.8. The fourth-order valence-electron chi connectivity index (χ4n) is 6.02. The van der Waals surface area contributed by atoms with Crippen LogP contribution in [-0.4, -0.2) is 0 Å². The van der Waals surface area contributed by atoms with E-state index < -0.39 is 0 Å². The molecule has 3 aliphatic rings. The predicted octanol–water partition coefficient (Wildman–Crippen LogP) is 8.89. The highest BCUT2D eigenvalue weighted by molar-refractivity contribution is 4.78. The van der Waals surface area contributed by atoms with Gasteiger partial charge in [-0.05, 0) is 47.8 Å². The summed E-state index contributed by atoms with van der Waals surface area (Å²) < 4.78 is 0. The Kier molecular flexibility index (Phi) is 10.1. The maximum absolute atomic E-state index is 2.50. The second kappa shape index (κ2) is 11.8. The van der Waals surface area contributed by atoms with Gasteiger partial charge in [0.05, 0.1) is 0 Å². The molecule has 0 nitrogen and oxygen atoms in total. The molecule has 3 rings (SSSR count). The van der Waals surface area contributed by atoms with E-state index in [1.165, 1.54) is 89.9 Å². The molecule has 26 heavy (non-hydrogen) atoms. The van der Waals surface area contributed by atoms with E-state index in [4.69, 9.17) is 0 Å². The summed E-state index contributed by atoms with van der Waals surface area (Å²) in [5.41, 5.74) is 0. The summed E-state index contributed by atoms with van der Waals surface area (Å²) in [5, 5.41) is 0. The fraction of sp³-hybridized carbons (Fsp3) is 1.00. The molecule has 0 aromatic heterocycles. The largest absolute Gasteiger partial charge is 0.0625 e. The van der Waals surface area contributed by atoms with Crippen molar-refractivity contribution in [2.24, 2.45) is 41.4 Å². The van der Waals surface area contributed by atoms with Crippen LogP contribution < -0.4 is 0 Å². The molecule has 3 aliphatic carbocycles. The first-order chi connectivity index (χ1) is 12.5. The Labute approximate surface area is 166 Å². The van der Waals surface area contributed by atoms with Gasteiger partial charge >= 0.3 is 0 Å². The molecule has 0 amide bonds. The molecule has 154 valence electrons. The van der Waals surface area contributed by atoms with Crippen LogP contribution in [0.4, 0.5) is 0 Å². The quantitative estimate of drug-likeness (QED) is 0.468. The van der Waals surface area contributed by atoms with E-state index in [1.807, 2.05) is 0 Å². The average molecular weight is 363 g/mol. The first-order valence-corrected chi connectivity index (χ1v) is 12.5. The van der Waals surface area contributed by atoms with Crippen molar-refractivity contribution >= 4 is 0 Å². The van der Waals surface area contributed by atoms with Crippen molar-refractivity contribution in [3.63, 3.8) is 0 Å². The van der Waals surface area contributed by atoms with Crippen LogP contribution >= 0.6 is 0 Å². The zero-order valence-electron chi connectivity index (χ0n) is 18.9. The minimum Gasteiger partial charge on any atom is -0.0625 e. The van der Waals surface area contributed by atoms with E-state index >= 15 is 0 Å². The first kappa shape index (κ1) is 22.3. The van der Waals surface area contributed by atoms with E-state index in [0.29, 0.717) is 0 Å². The van der Waals surface area contributed by atoms with Crippen LogP contribution in [0.2, 0.25) is 0 Å². The highest BCUT2D eigenvalue weighted by Gasteiger charge is 2.26. The van der Waals surface area contributed by atoms with E-state index in [9.17, 15) is 0 Å². The van der Waals surface area contributed by atoms with Crippen molar-refractivity contribution in [3.05, 3.63) is 0 Å². The van der Waals surface area contributed by atoms with Crippen molar-refractivity contribution in [1.82, 2.24) is 0 Å². The minimum absolute atomic E-state index is 1.000. The number of rotatable bonds is 4. The van der Waals surface area contributed by atoms with Gasteiger partial charge in [-0.15, -0.1) is 0 Å². The molecule has 0 bridgehead atoms. The lowest BCUT2D eigenvalue weighted by Gasteiger charge is -2.34. The van der Waals surface area contributed by atoms with Gasteiger partial charge in [-0.1, -0.05) is 118 Å². The molecule has 0 spiro atoms. The Morgan fingerprint density at radius 3 is 1.58 bits per heavy atom. The maximum atomic E-state index is 2.50. The zero-order valence-corrected chi connectivity index (χ0v) is 18.9. The summed E-state index contributed by atoms with van der Waals surface area (Å²) in [7, 11) is 0. The molecule has 0 aromatic carbocycles. The van der Waals surface area contributed by atoms with Gasteiger partial charge in [0.15, 0.2) is 0 Å². The molecule has 0 heteroatoms. The Morgan fingerprint density at radius 1 is 0.500 bits per heavy atom. The lowest BCUT2D eigenvalue weighted by Crippen LogP contribution is -2.22. The lowest BCUT2D eigenvalue weighted by atomic mass is 9.72. The molecule has 3 fully saturated rings. The molecular formula is C26H50. The van der Waals surface area contributed by atoms with Crippen molar-refractivity contribution < 1.29 is 0 Å². The van der Waals surface area contributed by atoms with Crippen LogP contribution in [-0.2, 0) is 0 Å². The maximum Gasteiger partial charge on any atom is -0.0386 e. The van der Waals surface area contributed by atoms with Gasteiger partial charge in [0.25, 0.3) is 0 Å². The first-order valence-electron chi connectivity index (χ1n) is 12.5. The molecule has 0 aromatic rings. The number of hydrogen-bond acceptors (Lipinski definition) is 0. The van der Waals surface area contributed by atoms with Crippen LogP contribution in [0.3, 0.4) is 0 Å². The summed E-state index contributed by atoms with van der Waals surface area (Å²) in [6.45, 7) is 12.2. The van der Waals surface area contributed by atoms with Gasteiger partial charge in [0.1, 0.15) is 0 Å². The van der Waals surface area contributed by atoms with Gasteiger partial charge in [0.2, 0.25) is 0 Å². The van der Waals surface area contributed by atoms with Crippen LogP contribution in [0.25, 0.3) is 0 Å². The van der Waals surface area contributed by atoms with Gasteiger partial charge in [0, 0.05) is 0 Å². The SMILES string of the molecule is CC1CCC(C)C(CCCC2CCCCC2C)C1.CC1CCCCC1C. The van der Waals surface area contributed by atoms with Crippen molar-refractivity contribution in [2.45, 2.75) is 125 Å². The normalized spacial score (nSPS) is 41.2. The van der Waals surface area contributed by atoms with Crippen LogP contribution in [0.5, 0.6) is 0 Å². The molecule has 7 atom stereocenters. The van der Waals surface area contributed by atoms with Gasteiger partial charge in [-0.3, -0.25) is 0 Å². The molecule has 0 saturated heterocycles. The Bertz CT molecular complexity index is 349. The highest BCUT2D eigenvalue weighted by atomic mass is 14.3. The summed E-state index contributed by atoms with van der Waals surface area (Å²) in [6.07, 6.45) is 21.0. The third kappa shape index (κ3) is 7.55. The van der Waals surface area contributed by atoms with E-state index in [2.05, 4.69) is 34.6 Å². The molecular weight excluding hydrogens is 312 g/mol.